The molecule has 1 aliphatic rings. The van der Waals surface area contributed by atoms with Crippen molar-refractivity contribution in [1.82, 2.24) is 15.5 Å². The fraction of sp³-hybridized carbons (Fsp3) is 0.786. The molecule has 1 fully saturated rings. The zero-order chi connectivity index (χ0) is 15.7. The third-order valence-corrected chi connectivity index (χ3v) is 3.58. The molecule has 21 heavy (non-hydrogen) atoms. The summed E-state index contributed by atoms with van der Waals surface area (Å²) in [5, 5.41) is 14.1. The lowest BCUT2D eigenvalue weighted by atomic mass is 10.0. The first-order chi connectivity index (χ1) is 10.0. The summed E-state index contributed by atoms with van der Waals surface area (Å²) in [6, 6.07) is -0.424. The number of nitrogens with zero attached hydrogens (tertiary/aromatic N) is 1. The van der Waals surface area contributed by atoms with E-state index in [9.17, 15) is 14.4 Å². The van der Waals surface area contributed by atoms with Gasteiger partial charge in [-0.1, -0.05) is 13.3 Å². The Hall–Kier alpha value is -1.79. The molecule has 0 aliphatic carbocycles. The summed E-state index contributed by atoms with van der Waals surface area (Å²) in [7, 11) is 0. The summed E-state index contributed by atoms with van der Waals surface area (Å²) in [5.41, 5.74) is 0. The van der Waals surface area contributed by atoms with Crippen molar-refractivity contribution in [1.29, 1.82) is 0 Å². The van der Waals surface area contributed by atoms with Crippen LogP contribution in [0.5, 0.6) is 0 Å². The van der Waals surface area contributed by atoms with Crippen LogP contribution < -0.4 is 10.6 Å². The average Bonchev–Trinajstić information content (AvgIpc) is 2.97. The number of likely N-dealkylation sites (tertiary alicyclic amines) is 1. The van der Waals surface area contributed by atoms with Crippen LogP contribution in [0.3, 0.4) is 0 Å². The Morgan fingerprint density at radius 2 is 1.86 bits per heavy atom. The Balaban J connectivity index is 2.15. The van der Waals surface area contributed by atoms with E-state index in [2.05, 4.69) is 10.6 Å². The lowest BCUT2D eigenvalue weighted by molar-refractivity contribution is -0.141. The Bertz CT molecular complexity index is 367. The molecule has 1 rings (SSSR count). The van der Waals surface area contributed by atoms with Gasteiger partial charge < -0.3 is 20.6 Å². The monoisotopic (exact) mass is 299 g/mol. The Kier molecular flexibility index (Phi) is 7.56. The lowest BCUT2D eigenvalue weighted by Crippen LogP contribution is -2.41. The minimum Gasteiger partial charge on any atom is -0.481 e. The first-order valence-electron chi connectivity index (χ1n) is 7.56. The molecule has 0 saturated carbocycles. The van der Waals surface area contributed by atoms with E-state index in [1.807, 2.05) is 6.92 Å². The van der Waals surface area contributed by atoms with E-state index in [1.54, 1.807) is 4.90 Å². The molecule has 3 amide bonds. The molecule has 0 aromatic carbocycles. The van der Waals surface area contributed by atoms with Crippen LogP contribution >= 0.6 is 0 Å². The third-order valence-electron chi connectivity index (χ3n) is 3.58. The molecule has 1 atom stereocenters. The van der Waals surface area contributed by atoms with Crippen molar-refractivity contribution in [2.45, 2.75) is 39.0 Å². The van der Waals surface area contributed by atoms with Crippen LogP contribution in [-0.4, -0.2) is 54.1 Å². The maximum atomic E-state index is 11.7. The molecule has 1 heterocycles. The van der Waals surface area contributed by atoms with E-state index >= 15 is 0 Å². The SMILES string of the molecule is CCCC(CNC(=O)NCCC(=O)N1CCCC1)C(=O)O. The number of urea groups is 1. The maximum absolute atomic E-state index is 11.7. The van der Waals surface area contributed by atoms with Gasteiger partial charge in [0.2, 0.25) is 5.91 Å². The van der Waals surface area contributed by atoms with Gasteiger partial charge in [0.1, 0.15) is 0 Å². The highest BCUT2D eigenvalue weighted by Gasteiger charge is 2.18. The standard InChI is InChI=1S/C14H25N3O4/c1-2-5-11(13(19)20)10-16-14(21)15-7-6-12(18)17-8-3-4-9-17/h11H,2-10H2,1H3,(H,19,20)(H2,15,16,21). The number of carboxylic acid groups (broad SMARTS) is 1. The zero-order valence-corrected chi connectivity index (χ0v) is 12.6. The molecule has 0 aromatic heterocycles. The fourth-order valence-electron chi connectivity index (χ4n) is 2.35. The first-order valence-corrected chi connectivity index (χ1v) is 7.56. The molecule has 7 heteroatoms. The van der Waals surface area contributed by atoms with Crippen LogP contribution in [0.2, 0.25) is 0 Å². The van der Waals surface area contributed by atoms with Gasteiger partial charge in [-0.25, -0.2) is 4.79 Å². The topological polar surface area (TPSA) is 98.7 Å². The number of carbonyl (C=O) groups is 3. The largest absolute Gasteiger partial charge is 0.481 e. The molecular formula is C14H25N3O4. The highest BCUT2D eigenvalue weighted by atomic mass is 16.4. The van der Waals surface area contributed by atoms with Crippen molar-refractivity contribution in [2.75, 3.05) is 26.2 Å². The molecule has 7 nitrogen and oxygen atoms in total. The van der Waals surface area contributed by atoms with Crippen LogP contribution in [-0.2, 0) is 9.59 Å². The third kappa shape index (κ3) is 6.46. The number of nitrogens with one attached hydrogen (secondary N) is 2. The second-order valence-corrected chi connectivity index (χ2v) is 5.30. The van der Waals surface area contributed by atoms with Gasteiger partial charge in [0.05, 0.1) is 5.92 Å². The minimum absolute atomic E-state index is 0.0576. The molecule has 0 radical (unpaired) electrons. The second kappa shape index (κ2) is 9.20. The van der Waals surface area contributed by atoms with E-state index in [4.69, 9.17) is 5.11 Å². The number of rotatable bonds is 8. The van der Waals surface area contributed by atoms with E-state index < -0.39 is 17.9 Å². The molecule has 1 aliphatic heterocycles. The van der Waals surface area contributed by atoms with Gasteiger partial charge in [0.15, 0.2) is 0 Å². The first kappa shape index (κ1) is 17.3. The molecular weight excluding hydrogens is 274 g/mol. The molecule has 3 N–H and O–H groups in total. The van der Waals surface area contributed by atoms with Crippen molar-refractivity contribution in [3.05, 3.63) is 0 Å². The van der Waals surface area contributed by atoms with Crippen molar-refractivity contribution in [2.24, 2.45) is 5.92 Å². The van der Waals surface area contributed by atoms with Gasteiger partial charge in [0, 0.05) is 32.6 Å². The van der Waals surface area contributed by atoms with Gasteiger partial charge >= 0.3 is 12.0 Å². The Labute approximate surface area is 125 Å². The number of carboxylic acids is 1. The van der Waals surface area contributed by atoms with Gasteiger partial charge in [0.25, 0.3) is 0 Å². The van der Waals surface area contributed by atoms with E-state index in [-0.39, 0.29) is 25.4 Å². The molecule has 120 valence electrons. The van der Waals surface area contributed by atoms with Crippen LogP contribution in [0.4, 0.5) is 4.79 Å². The number of carbonyl (C=O) groups excluding carboxylic acids is 2. The zero-order valence-electron chi connectivity index (χ0n) is 12.6. The minimum atomic E-state index is -0.902. The summed E-state index contributed by atoms with van der Waals surface area (Å²) < 4.78 is 0. The summed E-state index contributed by atoms with van der Waals surface area (Å²) in [6.07, 6.45) is 3.67. The van der Waals surface area contributed by atoms with Crippen molar-refractivity contribution in [3.63, 3.8) is 0 Å². The summed E-state index contributed by atoms with van der Waals surface area (Å²) >= 11 is 0. The summed E-state index contributed by atoms with van der Waals surface area (Å²) in [5.74, 6) is -1.41. The number of amides is 3. The van der Waals surface area contributed by atoms with Gasteiger partial charge in [-0.2, -0.15) is 0 Å². The summed E-state index contributed by atoms with van der Waals surface area (Å²) in [4.78, 5) is 36.0. The maximum Gasteiger partial charge on any atom is 0.314 e. The quantitative estimate of drug-likeness (QED) is 0.617. The molecule has 1 saturated heterocycles. The average molecular weight is 299 g/mol. The van der Waals surface area contributed by atoms with Crippen LogP contribution in [0.15, 0.2) is 0 Å². The predicted molar refractivity (Wildman–Crippen MR) is 77.9 cm³/mol. The van der Waals surface area contributed by atoms with Gasteiger partial charge in [-0.3, -0.25) is 9.59 Å². The van der Waals surface area contributed by atoms with E-state index in [0.29, 0.717) is 6.42 Å². The van der Waals surface area contributed by atoms with Crippen molar-refractivity contribution >= 4 is 17.9 Å². The van der Waals surface area contributed by atoms with E-state index in [1.165, 1.54) is 0 Å². The number of aliphatic carboxylic acids is 1. The normalized spacial score (nSPS) is 15.6. The highest BCUT2D eigenvalue weighted by Crippen LogP contribution is 2.08. The fourth-order valence-corrected chi connectivity index (χ4v) is 2.35. The lowest BCUT2D eigenvalue weighted by Gasteiger charge is -2.16. The van der Waals surface area contributed by atoms with Crippen LogP contribution in [0.1, 0.15) is 39.0 Å². The van der Waals surface area contributed by atoms with Crippen LogP contribution in [0.25, 0.3) is 0 Å². The molecule has 0 spiro atoms. The molecule has 0 bridgehead atoms. The highest BCUT2D eigenvalue weighted by molar-refractivity contribution is 5.79. The van der Waals surface area contributed by atoms with Crippen molar-refractivity contribution in [3.8, 4) is 0 Å². The van der Waals surface area contributed by atoms with Crippen molar-refractivity contribution < 1.29 is 19.5 Å². The number of hydrogen-bond acceptors (Lipinski definition) is 3. The van der Waals surface area contributed by atoms with E-state index in [0.717, 1.165) is 32.4 Å². The Morgan fingerprint density at radius 3 is 2.43 bits per heavy atom. The van der Waals surface area contributed by atoms with Crippen LogP contribution in [0, 0.1) is 5.92 Å². The molecule has 1 unspecified atom stereocenters. The second-order valence-electron chi connectivity index (χ2n) is 5.30. The smallest absolute Gasteiger partial charge is 0.314 e. The number of hydrogen-bond donors (Lipinski definition) is 3. The summed E-state index contributed by atoms with van der Waals surface area (Å²) in [6.45, 7) is 3.90. The molecule has 0 aromatic rings. The van der Waals surface area contributed by atoms with Gasteiger partial charge in [-0.15, -0.1) is 0 Å². The predicted octanol–water partition coefficient (Wildman–Crippen LogP) is 0.799. The van der Waals surface area contributed by atoms with Gasteiger partial charge in [-0.05, 0) is 19.3 Å². The Morgan fingerprint density at radius 1 is 1.19 bits per heavy atom.